The van der Waals surface area contributed by atoms with Crippen LogP contribution in [0.15, 0.2) is 30.5 Å². The molecule has 4 heteroatoms. The van der Waals surface area contributed by atoms with Gasteiger partial charge in [-0.3, -0.25) is 4.79 Å². The van der Waals surface area contributed by atoms with Crippen LogP contribution in [0.3, 0.4) is 0 Å². The standard InChI is InChI=1S/C16H20N2O2/c1-2-20-11-16(6-8-17-10-16)15(19)13-3-4-14-12(9-13)5-7-18-14/h3-5,7,9,17-18H,2,6,8,10-11H2,1H3. The van der Waals surface area contributed by atoms with E-state index in [1.165, 1.54) is 0 Å². The van der Waals surface area contributed by atoms with Gasteiger partial charge in [0.2, 0.25) is 0 Å². The van der Waals surface area contributed by atoms with Crippen molar-refractivity contribution >= 4 is 16.7 Å². The molecule has 3 rings (SSSR count). The van der Waals surface area contributed by atoms with E-state index in [1.54, 1.807) is 0 Å². The quantitative estimate of drug-likeness (QED) is 0.822. The molecule has 2 N–H and O–H groups in total. The summed E-state index contributed by atoms with van der Waals surface area (Å²) in [7, 11) is 0. The number of Topliss-reactive ketones (excluding diaryl/α,β-unsaturated/α-hetero) is 1. The predicted octanol–water partition coefficient (Wildman–Crippen LogP) is 2.37. The van der Waals surface area contributed by atoms with Crippen LogP contribution in [0.1, 0.15) is 23.7 Å². The number of hydrogen-bond acceptors (Lipinski definition) is 3. The number of aromatic nitrogens is 1. The van der Waals surface area contributed by atoms with E-state index in [0.29, 0.717) is 19.8 Å². The van der Waals surface area contributed by atoms with Crippen molar-refractivity contribution in [1.29, 1.82) is 0 Å². The number of benzene rings is 1. The lowest BCUT2D eigenvalue weighted by Gasteiger charge is -2.26. The molecule has 1 fully saturated rings. The Bertz CT molecular complexity index is 612. The van der Waals surface area contributed by atoms with E-state index in [-0.39, 0.29) is 5.78 Å². The minimum Gasteiger partial charge on any atom is -0.381 e. The van der Waals surface area contributed by atoms with Gasteiger partial charge in [-0.2, -0.15) is 0 Å². The van der Waals surface area contributed by atoms with Gasteiger partial charge in [0.25, 0.3) is 0 Å². The molecule has 1 aromatic carbocycles. The van der Waals surface area contributed by atoms with Gasteiger partial charge < -0.3 is 15.0 Å². The van der Waals surface area contributed by atoms with E-state index in [1.807, 2.05) is 37.4 Å². The Labute approximate surface area is 118 Å². The summed E-state index contributed by atoms with van der Waals surface area (Å²) in [5, 5.41) is 4.38. The fourth-order valence-corrected chi connectivity index (χ4v) is 2.92. The van der Waals surface area contributed by atoms with Crippen molar-refractivity contribution < 1.29 is 9.53 Å². The Hall–Kier alpha value is -1.65. The van der Waals surface area contributed by atoms with Crippen molar-refractivity contribution in [2.24, 2.45) is 5.41 Å². The summed E-state index contributed by atoms with van der Waals surface area (Å²) in [5.41, 5.74) is 1.44. The molecule has 0 bridgehead atoms. The fraction of sp³-hybridized carbons (Fsp3) is 0.438. The average Bonchev–Trinajstić information content (AvgIpc) is 3.13. The number of rotatable bonds is 5. The molecule has 106 valence electrons. The third kappa shape index (κ3) is 2.25. The van der Waals surface area contributed by atoms with Gasteiger partial charge >= 0.3 is 0 Å². The zero-order valence-corrected chi connectivity index (χ0v) is 11.7. The van der Waals surface area contributed by atoms with Gasteiger partial charge in [0.05, 0.1) is 12.0 Å². The summed E-state index contributed by atoms with van der Waals surface area (Å²) in [6.45, 7) is 4.70. The minimum atomic E-state index is -0.403. The van der Waals surface area contributed by atoms with Gasteiger partial charge in [-0.25, -0.2) is 0 Å². The van der Waals surface area contributed by atoms with E-state index in [9.17, 15) is 4.79 Å². The van der Waals surface area contributed by atoms with Crippen LogP contribution >= 0.6 is 0 Å². The van der Waals surface area contributed by atoms with Gasteiger partial charge in [0, 0.05) is 35.8 Å². The molecule has 1 aliphatic heterocycles. The number of carbonyl (C=O) groups excluding carboxylic acids is 1. The number of aromatic amines is 1. The molecule has 0 radical (unpaired) electrons. The zero-order chi connectivity index (χ0) is 14.0. The van der Waals surface area contributed by atoms with Gasteiger partial charge in [-0.05, 0) is 44.2 Å². The normalized spacial score (nSPS) is 22.4. The van der Waals surface area contributed by atoms with E-state index in [4.69, 9.17) is 4.74 Å². The van der Waals surface area contributed by atoms with E-state index >= 15 is 0 Å². The van der Waals surface area contributed by atoms with Gasteiger partial charge in [0.15, 0.2) is 5.78 Å². The minimum absolute atomic E-state index is 0.194. The van der Waals surface area contributed by atoms with Crippen molar-refractivity contribution in [3.8, 4) is 0 Å². The molecule has 0 spiro atoms. The third-order valence-corrected chi connectivity index (χ3v) is 4.12. The first-order valence-corrected chi connectivity index (χ1v) is 7.16. The average molecular weight is 272 g/mol. The highest BCUT2D eigenvalue weighted by Gasteiger charge is 2.41. The van der Waals surface area contributed by atoms with Crippen molar-refractivity contribution in [1.82, 2.24) is 10.3 Å². The second-order valence-electron chi connectivity index (χ2n) is 5.45. The number of ether oxygens (including phenoxy) is 1. The monoisotopic (exact) mass is 272 g/mol. The number of H-pyrrole nitrogens is 1. The molecule has 1 atom stereocenters. The van der Waals surface area contributed by atoms with Crippen molar-refractivity contribution in [3.63, 3.8) is 0 Å². The van der Waals surface area contributed by atoms with Crippen LogP contribution in [-0.2, 0) is 4.74 Å². The molecule has 0 amide bonds. The molecule has 0 aliphatic carbocycles. The summed E-state index contributed by atoms with van der Waals surface area (Å²) >= 11 is 0. The van der Waals surface area contributed by atoms with Crippen LogP contribution in [0.25, 0.3) is 10.9 Å². The Kier molecular flexibility index (Phi) is 3.59. The molecule has 20 heavy (non-hydrogen) atoms. The molecule has 1 unspecified atom stereocenters. The van der Waals surface area contributed by atoms with Crippen LogP contribution in [-0.4, -0.2) is 37.1 Å². The van der Waals surface area contributed by atoms with Gasteiger partial charge in [-0.15, -0.1) is 0 Å². The molecular weight excluding hydrogens is 252 g/mol. The van der Waals surface area contributed by atoms with Crippen molar-refractivity contribution in [2.75, 3.05) is 26.3 Å². The molecule has 0 saturated carbocycles. The summed E-state index contributed by atoms with van der Waals surface area (Å²) < 4.78 is 5.57. The molecule has 1 aliphatic rings. The number of ketones is 1. The highest BCUT2D eigenvalue weighted by Crippen LogP contribution is 2.31. The molecule has 4 nitrogen and oxygen atoms in total. The number of carbonyl (C=O) groups is 1. The van der Waals surface area contributed by atoms with Crippen molar-refractivity contribution in [3.05, 3.63) is 36.0 Å². The first kappa shape index (κ1) is 13.3. The van der Waals surface area contributed by atoms with Gasteiger partial charge in [0.1, 0.15) is 0 Å². The number of nitrogens with one attached hydrogen (secondary N) is 2. The smallest absolute Gasteiger partial charge is 0.172 e. The molecular formula is C16H20N2O2. The summed E-state index contributed by atoms with van der Waals surface area (Å²) in [6.07, 6.45) is 2.74. The maximum atomic E-state index is 12.9. The van der Waals surface area contributed by atoms with Gasteiger partial charge in [-0.1, -0.05) is 0 Å². The molecule has 2 aromatic rings. The van der Waals surface area contributed by atoms with Crippen LogP contribution in [0.4, 0.5) is 0 Å². The van der Waals surface area contributed by atoms with Crippen molar-refractivity contribution in [2.45, 2.75) is 13.3 Å². The lowest BCUT2D eigenvalue weighted by Crippen LogP contribution is -2.38. The third-order valence-electron chi connectivity index (χ3n) is 4.12. The molecule has 1 aromatic heterocycles. The molecule has 2 heterocycles. The highest BCUT2D eigenvalue weighted by molar-refractivity contribution is 6.03. The summed E-state index contributed by atoms with van der Waals surface area (Å²) in [4.78, 5) is 16.1. The van der Waals surface area contributed by atoms with E-state index in [0.717, 1.165) is 29.4 Å². The maximum Gasteiger partial charge on any atom is 0.172 e. The van der Waals surface area contributed by atoms with Crippen LogP contribution in [0.5, 0.6) is 0 Å². The highest BCUT2D eigenvalue weighted by atomic mass is 16.5. The first-order valence-electron chi connectivity index (χ1n) is 7.16. The SMILES string of the molecule is CCOCC1(C(=O)c2ccc3[nH]ccc3c2)CCNC1. The van der Waals surface area contributed by atoms with Crippen LogP contribution in [0.2, 0.25) is 0 Å². The summed E-state index contributed by atoms with van der Waals surface area (Å²) in [5.74, 6) is 0.194. The Balaban J connectivity index is 1.92. The number of fused-ring (bicyclic) bond motifs is 1. The maximum absolute atomic E-state index is 12.9. The molecule has 1 saturated heterocycles. The first-order chi connectivity index (χ1) is 9.75. The second-order valence-corrected chi connectivity index (χ2v) is 5.45. The fourth-order valence-electron chi connectivity index (χ4n) is 2.92. The lowest BCUT2D eigenvalue weighted by atomic mass is 9.80. The largest absolute Gasteiger partial charge is 0.381 e. The van der Waals surface area contributed by atoms with E-state index < -0.39 is 5.41 Å². The summed E-state index contributed by atoms with van der Waals surface area (Å²) in [6, 6.07) is 7.85. The topological polar surface area (TPSA) is 54.1 Å². The zero-order valence-electron chi connectivity index (χ0n) is 11.7. The Morgan fingerprint density at radius 2 is 2.30 bits per heavy atom. The Morgan fingerprint density at radius 1 is 1.40 bits per heavy atom. The Morgan fingerprint density at radius 3 is 3.05 bits per heavy atom. The number of hydrogen-bond donors (Lipinski definition) is 2. The lowest BCUT2D eigenvalue weighted by molar-refractivity contribution is 0.0467. The predicted molar refractivity (Wildman–Crippen MR) is 79.0 cm³/mol. The van der Waals surface area contributed by atoms with Crippen LogP contribution in [0, 0.1) is 5.41 Å². The second kappa shape index (κ2) is 5.38. The van der Waals surface area contributed by atoms with Crippen LogP contribution < -0.4 is 5.32 Å². The van der Waals surface area contributed by atoms with E-state index in [2.05, 4.69) is 10.3 Å².